The molecule has 0 aliphatic carbocycles. The standard InChI is InChI=1S/C23H18FN7O2/c1-13-9-15(10-18(32)27-13)19-20(14-5-3-2-4-6-14)28-22(25)31-21(19)29-30(23(31)33)12-17-8-7-16(24)11-26-17/h2-11H,12H2,1H3,(H3,25,27,28,29,32)/p+1. The Hall–Kier alpha value is -4.60. The van der Waals surface area contributed by atoms with Gasteiger partial charge in [-0.2, -0.15) is 4.68 Å². The molecule has 9 nitrogen and oxygen atoms in total. The molecule has 0 bridgehead atoms. The quantitative estimate of drug-likeness (QED) is 0.365. The fraction of sp³-hybridized carbons (Fsp3) is 0.0870. The number of nitrogens with zero attached hydrogens (tertiary/aromatic N) is 5. The molecule has 0 radical (unpaired) electrons. The minimum absolute atomic E-state index is 0.00494. The summed E-state index contributed by atoms with van der Waals surface area (Å²) in [6, 6.07) is 15.5. The summed E-state index contributed by atoms with van der Waals surface area (Å²) in [5.41, 5.74) is 9.72. The van der Waals surface area contributed by atoms with Crippen LogP contribution in [0.3, 0.4) is 0 Å². The van der Waals surface area contributed by atoms with Crippen LogP contribution in [0.1, 0.15) is 11.4 Å². The molecule has 164 valence electrons. The van der Waals surface area contributed by atoms with Gasteiger partial charge in [-0.15, -0.1) is 9.38 Å². The summed E-state index contributed by atoms with van der Waals surface area (Å²) in [4.78, 5) is 25.8. The molecular formula is C23H19FN7O2+. The summed E-state index contributed by atoms with van der Waals surface area (Å²) in [6.45, 7) is 1.83. The molecule has 33 heavy (non-hydrogen) atoms. The third-order valence-electron chi connectivity index (χ3n) is 5.20. The van der Waals surface area contributed by atoms with Crippen molar-refractivity contribution in [1.82, 2.24) is 24.7 Å². The maximum absolute atomic E-state index is 13.2. The minimum Gasteiger partial charge on any atom is -0.493 e. The Labute approximate surface area is 186 Å². The summed E-state index contributed by atoms with van der Waals surface area (Å²) in [5.74, 6) is -0.626. The highest BCUT2D eigenvalue weighted by atomic mass is 19.1. The van der Waals surface area contributed by atoms with Gasteiger partial charge in [0.15, 0.2) is 0 Å². The fourth-order valence-electron chi connectivity index (χ4n) is 3.80. The molecule has 0 atom stereocenters. The number of nitrogens with two attached hydrogens (primary N) is 1. The summed E-state index contributed by atoms with van der Waals surface area (Å²) in [5, 5.41) is 13.2. The second-order valence-corrected chi connectivity index (χ2v) is 7.55. The van der Waals surface area contributed by atoms with Crippen LogP contribution in [-0.4, -0.2) is 29.8 Å². The first kappa shape index (κ1) is 20.3. The molecule has 5 aromatic rings. The number of hydrogen-bond acceptors (Lipinski definition) is 6. The van der Waals surface area contributed by atoms with Gasteiger partial charge in [0.2, 0.25) is 11.5 Å². The number of H-pyrrole nitrogens is 1. The largest absolute Gasteiger partial charge is 0.493 e. The van der Waals surface area contributed by atoms with E-state index in [2.05, 4.69) is 20.1 Å². The third kappa shape index (κ3) is 3.67. The van der Waals surface area contributed by atoms with Gasteiger partial charge in [-0.25, -0.2) is 19.3 Å². The van der Waals surface area contributed by atoms with Crippen LogP contribution >= 0.6 is 0 Å². The maximum Gasteiger partial charge on any atom is 0.428 e. The number of fused-ring (bicyclic) bond motifs is 1. The molecule has 0 aliphatic rings. The molecule has 0 fully saturated rings. The SMILES string of the molecule is Cc1cc(-c2c(-c3ccccc3)nc(N)[n+]3c(=O)n(Cc4ccc(F)cn4)[nH]c23)cc(O)n1. The molecule has 4 aromatic heterocycles. The van der Waals surface area contributed by atoms with Crippen LogP contribution in [0.4, 0.5) is 10.3 Å². The van der Waals surface area contributed by atoms with Crippen LogP contribution in [0.5, 0.6) is 5.88 Å². The van der Waals surface area contributed by atoms with Crippen molar-refractivity contribution < 1.29 is 13.9 Å². The Balaban J connectivity index is 1.81. The number of benzene rings is 1. The van der Waals surface area contributed by atoms with Gasteiger partial charge in [-0.1, -0.05) is 30.3 Å². The van der Waals surface area contributed by atoms with Gasteiger partial charge in [0, 0.05) is 17.3 Å². The van der Waals surface area contributed by atoms with Crippen molar-refractivity contribution in [3.63, 3.8) is 0 Å². The Morgan fingerprint density at radius 2 is 1.91 bits per heavy atom. The van der Waals surface area contributed by atoms with Crippen LogP contribution in [0, 0.1) is 12.7 Å². The molecule has 0 spiro atoms. The van der Waals surface area contributed by atoms with Crippen molar-refractivity contribution in [1.29, 1.82) is 0 Å². The topological polar surface area (TPSA) is 127 Å². The van der Waals surface area contributed by atoms with Crippen molar-refractivity contribution in [2.75, 3.05) is 5.73 Å². The normalized spacial score (nSPS) is 11.2. The van der Waals surface area contributed by atoms with Crippen LogP contribution in [0.15, 0.2) is 65.6 Å². The highest BCUT2D eigenvalue weighted by molar-refractivity contribution is 5.88. The molecule has 0 amide bonds. The Bertz CT molecular complexity index is 1520. The Kier molecular flexibility index (Phi) is 4.82. The van der Waals surface area contributed by atoms with Gasteiger partial charge in [-0.05, 0) is 30.7 Å². The molecule has 4 N–H and O–H groups in total. The lowest BCUT2D eigenvalue weighted by Gasteiger charge is -2.09. The van der Waals surface area contributed by atoms with E-state index in [-0.39, 0.29) is 18.4 Å². The first-order valence-electron chi connectivity index (χ1n) is 10.1. The van der Waals surface area contributed by atoms with E-state index in [9.17, 15) is 14.3 Å². The van der Waals surface area contributed by atoms with Gasteiger partial charge in [0.05, 0.1) is 17.5 Å². The smallest absolute Gasteiger partial charge is 0.428 e. The number of nitrogens with one attached hydrogen (secondary N) is 1. The van der Waals surface area contributed by atoms with E-state index < -0.39 is 11.5 Å². The number of aromatic amines is 1. The number of aromatic nitrogens is 6. The molecule has 0 aliphatic heterocycles. The van der Waals surface area contributed by atoms with Gasteiger partial charge >= 0.3 is 11.6 Å². The number of aromatic hydroxyl groups is 1. The van der Waals surface area contributed by atoms with Crippen LogP contribution in [0.2, 0.25) is 0 Å². The number of aryl methyl sites for hydroxylation is 1. The van der Waals surface area contributed by atoms with E-state index in [0.717, 1.165) is 11.8 Å². The van der Waals surface area contributed by atoms with Crippen molar-refractivity contribution >= 4 is 11.6 Å². The number of anilines is 1. The lowest BCUT2D eigenvalue weighted by Crippen LogP contribution is -2.44. The number of pyridine rings is 2. The average Bonchev–Trinajstić information content (AvgIpc) is 3.11. The molecule has 5 rings (SSSR count). The van der Waals surface area contributed by atoms with Crippen molar-refractivity contribution in [2.45, 2.75) is 13.5 Å². The molecule has 4 heterocycles. The Morgan fingerprint density at radius 1 is 1.12 bits per heavy atom. The average molecular weight is 444 g/mol. The van der Waals surface area contributed by atoms with Gasteiger partial charge < -0.3 is 10.8 Å². The highest BCUT2D eigenvalue weighted by Gasteiger charge is 2.26. The monoisotopic (exact) mass is 444 g/mol. The summed E-state index contributed by atoms with van der Waals surface area (Å²) in [7, 11) is 0. The Morgan fingerprint density at radius 3 is 2.61 bits per heavy atom. The van der Waals surface area contributed by atoms with Crippen LogP contribution < -0.4 is 15.8 Å². The second-order valence-electron chi connectivity index (χ2n) is 7.55. The predicted octanol–water partition coefficient (Wildman–Crippen LogP) is 2.22. The number of halogens is 1. The van der Waals surface area contributed by atoms with E-state index in [1.165, 1.54) is 27.3 Å². The summed E-state index contributed by atoms with van der Waals surface area (Å²) in [6.07, 6.45) is 1.09. The predicted molar refractivity (Wildman–Crippen MR) is 119 cm³/mol. The van der Waals surface area contributed by atoms with Crippen molar-refractivity contribution in [3.8, 4) is 28.3 Å². The van der Waals surface area contributed by atoms with Crippen molar-refractivity contribution in [3.05, 3.63) is 88.5 Å². The molecule has 0 saturated carbocycles. The van der Waals surface area contributed by atoms with Gasteiger partial charge in [-0.3, -0.25) is 4.98 Å². The second kappa shape index (κ2) is 7.83. The molecular weight excluding hydrogens is 425 g/mol. The zero-order valence-corrected chi connectivity index (χ0v) is 17.5. The molecule has 0 unspecified atom stereocenters. The lowest BCUT2D eigenvalue weighted by molar-refractivity contribution is -0.516. The molecule has 1 aromatic carbocycles. The van der Waals surface area contributed by atoms with Crippen molar-refractivity contribution in [2.24, 2.45) is 0 Å². The van der Waals surface area contributed by atoms with E-state index in [1.807, 2.05) is 30.3 Å². The zero-order chi connectivity index (χ0) is 23.1. The van der Waals surface area contributed by atoms with E-state index >= 15 is 0 Å². The van der Waals surface area contributed by atoms with Gasteiger partial charge in [0.1, 0.15) is 18.1 Å². The number of hydrogen-bond donors (Lipinski definition) is 3. The zero-order valence-electron chi connectivity index (χ0n) is 17.5. The number of rotatable bonds is 4. The third-order valence-corrected chi connectivity index (χ3v) is 5.20. The summed E-state index contributed by atoms with van der Waals surface area (Å²) < 4.78 is 15.8. The number of nitrogen functional groups attached to an aromatic ring is 1. The van der Waals surface area contributed by atoms with E-state index in [0.29, 0.717) is 33.9 Å². The molecule has 0 saturated heterocycles. The highest BCUT2D eigenvalue weighted by Crippen LogP contribution is 2.34. The van der Waals surface area contributed by atoms with Crippen LogP contribution in [-0.2, 0) is 6.54 Å². The van der Waals surface area contributed by atoms with E-state index in [4.69, 9.17) is 5.73 Å². The first-order chi connectivity index (χ1) is 15.9. The van der Waals surface area contributed by atoms with E-state index in [1.54, 1.807) is 13.0 Å². The first-order valence-corrected chi connectivity index (χ1v) is 10.1. The fourth-order valence-corrected chi connectivity index (χ4v) is 3.80. The molecule has 10 heteroatoms. The maximum atomic E-state index is 13.2. The van der Waals surface area contributed by atoms with Gasteiger partial charge in [0.25, 0.3) is 0 Å². The summed E-state index contributed by atoms with van der Waals surface area (Å²) >= 11 is 0. The van der Waals surface area contributed by atoms with Crippen LogP contribution in [0.25, 0.3) is 28.0 Å². The lowest BCUT2D eigenvalue weighted by atomic mass is 10.00. The minimum atomic E-state index is -0.465.